The summed E-state index contributed by atoms with van der Waals surface area (Å²) in [7, 11) is 0. The van der Waals surface area contributed by atoms with Crippen molar-refractivity contribution in [1.29, 1.82) is 0 Å². The largest absolute Gasteiger partial charge is 0.156 e. The Labute approximate surface area is 92.6 Å². The van der Waals surface area contributed by atoms with Crippen LogP contribution in [0.3, 0.4) is 0 Å². The Morgan fingerprint density at radius 1 is 1.33 bits per heavy atom. The van der Waals surface area contributed by atoms with Crippen molar-refractivity contribution in [2.45, 2.75) is 19.3 Å². The molecule has 0 heterocycles. The van der Waals surface area contributed by atoms with Crippen molar-refractivity contribution in [3.63, 3.8) is 0 Å². The SMILES string of the molecule is C1=CC2CC[C-]1C1=CCC=C12.[Zr]. The van der Waals surface area contributed by atoms with Gasteiger partial charge in [-0.15, -0.1) is 29.2 Å². The fraction of sp³-hybridized carbons (Fsp3) is 0.364. The molecule has 0 aromatic rings. The molecule has 60 valence electrons. The van der Waals surface area contributed by atoms with Crippen LogP contribution in [0, 0.1) is 11.8 Å². The fourth-order valence-electron chi connectivity index (χ4n) is 2.41. The Bertz CT molecular complexity index is 255. The maximum Gasteiger partial charge on any atom is 0 e. The van der Waals surface area contributed by atoms with E-state index in [0.717, 1.165) is 5.92 Å². The van der Waals surface area contributed by atoms with Crippen molar-refractivity contribution in [3.8, 4) is 0 Å². The molecule has 1 unspecified atom stereocenters. The minimum absolute atomic E-state index is 0. The van der Waals surface area contributed by atoms with Crippen LogP contribution in [0.1, 0.15) is 19.3 Å². The van der Waals surface area contributed by atoms with Gasteiger partial charge in [0.15, 0.2) is 0 Å². The monoisotopic (exact) mass is 233 g/mol. The van der Waals surface area contributed by atoms with Crippen LogP contribution in [0.25, 0.3) is 0 Å². The third kappa shape index (κ3) is 1.03. The zero-order valence-electron chi connectivity index (χ0n) is 7.01. The first-order valence-corrected chi connectivity index (χ1v) is 4.40. The summed E-state index contributed by atoms with van der Waals surface area (Å²) in [5, 5.41) is 0. The molecule has 0 radical (unpaired) electrons. The third-order valence-electron chi connectivity index (χ3n) is 2.97. The predicted octanol–water partition coefficient (Wildman–Crippen LogP) is 2.79. The Kier molecular flexibility index (Phi) is 2.16. The van der Waals surface area contributed by atoms with E-state index in [1.165, 1.54) is 19.3 Å². The second kappa shape index (κ2) is 3.03. The second-order valence-electron chi connectivity index (χ2n) is 3.54. The van der Waals surface area contributed by atoms with Gasteiger partial charge in [0.1, 0.15) is 0 Å². The molecular weight excluding hydrogens is 223 g/mol. The van der Waals surface area contributed by atoms with Crippen molar-refractivity contribution in [2.24, 2.45) is 5.92 Å². The summed E-state index contributed by atoms with van der Waals surface area (Å²) < 4.78 is 0. The fourth-order valence-corrected chi connectivity index (χ4v) is 2.41. The zero-order chi connectivity index (χ0) is 7.26. The first-order chi connectivity index (χ1) is 5.45. The smallest absolute Gasteiger partial charge is 0 e. The molecule has 2 bridgehead atoms. The molecule has 0 nitrogen and oxygen atoms in total. The van der Waals surface area contributed by atoms with Crippen LogP contribution >= 0.6 is 0 Å². The van der Waals surface area contributed by atoms with Crippen LogP contribution in [0.4, 0.5) is 0 Å². The molecule has 12 heavy (non-hydrogen) atoms. The van der Waals surface area contributed by atoms with Crippen molar-refractivity contribution in [3.05, 3.63) is 41.4 Å². The van der Waals surface area contributed by atoms with Gasteiger partial charge in [-0.1, -0.05) is 25.2 Å². The molecule has 1 heteroatoms. The van der Waals surface area contributed by atoms with Gasteiger partial charge in [-0.05, 0) is 0 Å². The van der Waals surface area contributed by atoms with E-state index in [1.54, 1.807) is 17.1 Å². The summed E-state index contributed by atoms with van der Waals surface area (Å²) in [4.78, 5) is 0. The molecule has 0 amide bonds. The van der Waals surface area contributed by atoms with E-state index < -0.39 is 0 Å². The van der Waals surface area contributed by atoms with Crippen LogP contribution < -0.4 is 0 Å². The summed E-state index contributed by atoms with van der Waals surface area (Å²) in [6.07, 6.45) is 13.3. The van der Waals surface area contributed by atoms with Crippen molar-refractivity contribution < 1.29 is 26.2 Å². The summed E-state index contributed by atoms with van der Waals surface area (Å²) in [6.45, 7) is 0. The molecule has 0 N–H and O–H groups in total. The molecule has 1 fully saturated rings. The Morgan fingerprint density at radius 3 is 2.92 bits per heavy atom. The Morgan fingerprint density at radius 2 is 2.25 bits per heavy atom. The van der Waals surface area contributed by atoms with Crippen LogP contribution in [0.2, 0.25) is 0 Å². The normalized spacial score (nSPS) is 29.3. The van der Waals surface area contributed by atoms with Crippen molar-refractivity contribution >= 4 is 0 Å². The van der Waals surface area contributed by atoms with E-state index in [0.29, 0.717) is 0 Å². The molecular formula is C11H11Zr-. The zero-order valence-corrected chi connectivity index (χ0v) is 9.47. The second-order valence-corrected chi connectivity index (χ2v) is 3.54. The Balaban J connectivity index is 0.000000563. The number of hydrogen-bond donors (Lipinski definition) is 0. The number of fused-ring (bicyclic) bond motifs is 1. The van der Waals surface area contributed by atoms with Crippen molar-refractivity contribution in [1.82, 2.24) is 0 Å². The number of allylic oxidation sites excluding steroid dienone is 6. The van der Waals surface area contributed by atoms with Crippen LogP contribution in [-0.4, -0.2) is 0 Å². The van der Waals surface area contributed by atoms with Gasteiger partial charge in [0, 0.05) is 26.2 Å². The molecule has 0 aliphatic heterocycles. The summed E-state index contributed by atoms with van der Waals surface area (Å²) in [5.41, 5.74) is 3.19. The molecule has 1 atom stereocenters. The minimum Gasteiger partial charge on any atom is -0.156 e. The molecule has 1 saturated carbocycles. The quantitative estimate of drug-likeness (QED) is 0.565. The maximum atomic E-state index is 2.39. The molecule has 0 spiro atoms. The molecule has 4 rings (SSSR count). The van der Waals surface area contributed by atoms with Crippen LogP contribution in [0.15, 0.2) is 35.5 Å². The van der Waals surface area contributed by atoms with Gasteiger partial charge in [0.05, 0.1) is 0 Å². The van der Waals surface area contributed by atoms with E-state index in [1.807, 2.05) is 0 Å². The van der Waals surface area contributed by atoms with Crippen LogP contribution in [0.5, 0.6) is 0 Å². The summed E-state index contributed by atoms with van der Waals surface area (Å²) >= 11 is 0. The topological polar surface area (TPSA) is 0 Å². The van der Waals surface area contributed by atoms with Gasteiger partial charge in [0.25, 0.3) is 0 Å². The molecule has 0 aromatic heterocycles. The maximum absolute atomic E-state index is 2.39. The number of rotatable bonds is 0. The van der Waals surface area contributed by atoms with E-state index in [4.69, 9.17) is 0 Å². The van der Waals surface area contributed by atoms with E-state index >= 15 is 0 Å². The third-order valence-corrected chi connectivity index (χ3v) is 2.97. The summed E-state index contributed by atoms with van der Waals surface area (Å²) in [6, 6.07) is 0. The Hall–Kier alpha value is -0.0269. The average molecular weight is 234 g/mol. The van der Waals surface area contributed by atoms with Gasteiger partial charge in [-0.3, -0.25) is 0 Å². The standard InChI is InChI=1S/C11H11.Zr/c1-2-10-8-4-6-9(7-5-8)11(10)3-1;/h2-4,6,8H,1,5,7H2;/q-1;. The van der Waals surface area contributed by atoms with Gasteiger partial charge in [-0.2, -0.15) is 12.2 Å². The van der Waals surface area contributed by atoms with E-state index in [9.17, 15) is 0 Å². The van der Waals surface area contributed by atoms with E-state index in [2.05, 4.69) is 24.3 Å². The first-order valence-electron chi connectivity index (χ1n) is 4.40. The molecule has 4 aliphatic carbocycles. The predicted molar refractivity (Wildman–Crippen MR) is 45.9 cm³/mol. The summed E-state index contributed by atoms with van der Waals surface area (Å²) in [5.74, 6) is 2.34. The molecule has 4 aliphatic rings. The van der Waals surface area contributed by atoms with Gasteiger partial charge < -0.3 is 0 Å². The van der Waals surface area contributed by atoms with Crippen LogP contribution in [-0.2, 0) is 26.2 Å². The van der Waals surface area contributed by atoms with Gasteiger partial charge >= 0.3 is 0 Å². The van der Waals surface area contributed by atoms with Crippen molar-refractivity contribution in [2.75, 3.05) is 0 Å². The van der Waals surface area contributed by atoms with Gasteiger partial charge in [0.2, 0.25) is 0 Å². The molecule has 0 aromatic carbocycles. The first kappa shape index (κ1) is 8.57. The minimum atomic E-state index is 0. The molecule has 0 saturated heterocycles. The van der Waals surface area contributed by atoms with Gasteiger partial charge in [-0.25, -0.2) is 0 Å². The van der Waals surface area contributed by atoms with E-state index in [-0.39, 0.29) is 26.2 Å². The number of hydrogen-bond acceptors (Lipinski definition) is 0. The average Bonchev–Trinajstić information content (AvgIpc) is 2.55.